The van der Waals surface area contributed by atoms with Gasteiger partial charge in [0.2, 0.25) is 15.9 Å². The molecule has 1 amide bonds. The van der Waals surface area contributed by atoms with E-state index in [-0.39, 0.29) is 18.4 Å². The first-order valence-electron chi connectivity index (χ1n) is 6.63. The summed E-state index contributed by atoms with van der Waals surface area (Å²) in [5, 5.41) is 3.28. The van der Waals surface area contributed by atoms with Crippen molar-refractivity contribution in [1.29, 1.82) is 0 Å². The van der Waals surface area contributed by atoms with Crippen molar-refractivity contribution in [2.45, 2.75) is 26.2 Å². The van der Waals surface area contributed by atoms with Gasteiger partial charge in [0.1, 0.15) is 0 Å². The standard InChI is InChI=1S/C11H22N4O3S2/c1-3-6-12-11(19)14-13-10(16)9-5-4-7-15(8-9)20(2,17)18/h9H,3-8H2,1-2H3,(H,13,16)(H2,12,14,19). The number of hydrazine groups is 1. The molecule has 0 spiro atoms. The molecule has 1 atom stereocenters. The molecule has 0 aromatic rings. The van der Waals surface area contributed by atoms with Gasteiger partial charge in [0, 0.05) is 19.6 Å². The Balaban J connectivity index is 2.41. The lowest BCUT2D eigenvalue weighted by molar-refractivity contribution is -0.126. The zero-order valence-corrected chi connectivity index (χ0v) is 13.4. The van der Waals surface area contributed by atoms with Crippen molar-refractivity contribution in [3.05, 3.63) is 0 Å². The minimum Gasteiger partial charge on any atom is -0.361 e. The third-order valence-electron chi connectivity index (χ3n) is 3.06. The first kappa shape index (κ1) is 17.1. The quantitative estimate of drug-likeness (QED) is 0.480. The van der Waals surface area contributed by atoms with Crippen molar-refractivity contribution in [2.24, 2.45) is 5.92 Å². The lowest BCUT2D eigenvalue weighted by atomic mass is 9.99. The molecule has 0 aromatic heterocycles. The van der Waals surface area contributed by atoms with Crippen molar-refractivity contribution < 1.29 is 13.2 Å². The predicted molar refractivity (Wildman–Crippen MR) is 81.3 cm³/mol. The molecule has 3 N–H and O–H groups in total. The van der Waals surface area contributed by atoms with Gasteiger partial charge in [0.15, 0.2) is 5.11 Å². The number of thiocarbonyl (C=S) groups is 1. The van der Waals surface area contributed by atoms with E-state index in [9.17, 15) is 13.2 Å². The number of sulfonamides is 1. The second kappa shape index (κ2) is 7.75. The topological polar surface area (TPSA) is 90.5 Å². The van der Waals surface area contributed by atoms with Crippen molar-refractivity contribution in [1.82, 2.24) is 20.5 Å². The maximum absolute atomic E-state index is 12.0. The number of hydrogen-bond acceptors (Lipinski definition) is 4. The molecule has 9 heteroatoms. The highest BCUT2D eigenvalue weighted by Gasteiger charge is 2.30. The molecule has 1 rings (SSSR count). The molecule has 1 aliphatic rings. The number of nitrogens with zero attached hydrogens (tertiary/aromatic N) is 1. The van der Waals surface area contributed by atoms with Crippen LogP contribution >= 0.6 is 12.2 Å². The summed E-state index contributed by atoms with van der Waals surface area (Å²) < 4.78 is 24.3. The van der Waals surface area contributed by atoms with Crippen LogP contribution in [0.2, 0.25) is 0 Å². The zero-order valence-electron chi connectivity index (χ0n) is 11.8. The van der Waals surface area contributed by atoms with Gasteiger partial charge in [-0.3, -0.25) is 15.6 Å². The maximum atomic E-state index is 12.0. The summed E-state index contributed by atoms with van der Waals surface area (Å²) in [7, 11) is -3.24. The normalized spacial score (nSPS) is 20.2. The molecule has 116 valence electrons. The predicted octanol–water partition coefficient (Wildman–Crippen LogP) is -0.437. The van der Waals surface area contributed by atoms with Gasteiger partial charge in [-0.05, 0) is 31.5 Å². The van der Waals surface area contributed by atoms with E-state index in [0.717, 1.165) is 19.2 Å². The summed E-state index contributed by atoms with van der Waals surface area (Å²) in [5.41, 5.74) is 5.14. The fraction of sp³-hybridized carbons (Fsp3) is 0.818. The average Bonchev–Trinajstić information content (AvgIpc) is 2.41. The molecule has 0 aromatic carbocycles. The minimum atomic E-state index is -3.24. The van der Waals surface area contributed by atoms with Gasteiger partial charge in [0.25, 0.3) is 0 Å². The molecular weight excluding hydrogens is 300 g/mol. The van der Waals surface area contributed by atoms with Gasteiger partial charge in [-0.25, -0.2) is 12.7 Å². The second-order valence-electron chi connectivity index (χ2n) is 4.83. The molecule has 0 bridgehead atoms. The maximum Gasteiger partial charge on any atom is 0.242 e. The molecule has 0 saturated carbocycles. The molecule has 0 aliphatic carbocycles. The Morgan fingerprint density at radius 1 is 1.40 bits per heavy atom. The highest BCUT2D eigenvalue weighted by atomic mass is 32.2. The first-order valence-corrected chi connectivity index (χ1v) is 8.89. The molecule has 1 heterocycles. The molecule has 1 fully saturated rings. The van der Waals surface area contributed by atoms with Crippen LogP contribution in [0, 0.1) is 5.92 Å². The number of amides is 1. The van der Waals surface area contributed by atoms with E-state index in [4.69, 9.17) is 12.2 Å². The number of nitrogens with one attached hydrogen (secondary N) is 3. The van der Waals surface area contributed by atoms with E-state index >= 15 is 0 Å². The van der Waals surface area contributed by atoms with Crippen LogP contribution in [0.15, 0.2) is 0 Å². The Labute approximate surface area is 125 Å². The highest BCUT2D eigenvalue weighted by Crippen LogP contribution is 2.18. The van der Waals surface area contributed by atoms with Crippen LogP contribution in [-0.2, 0) is 14.8 Å². The molecule has 1 saturated heterocycles. The second-order valence-corrected chi connectivity index (χ2v) is 7.22. The van der Waals surface area contributed by atoms with Crippen LogP contribution in [0.25, 0.3) is 0 Å². The molecule has 1 aliphatic heterocycles. The Bertz CT molecular complexity index is 453. The molecule has 20 heavy (non-hydrogen) atoms. The van der Waals surface area contributed by atoms with E-state index < -0.39 is 10.0 Å². The van der Waals surface area contributed by atoms with Crippen LogP contribution in [0.3, 0.4) is 0 Å². The van der Waals surface area contributed by atoms with E-state index in [2.05, 4.69) is 16.2 Å². The Morgan fingerprint density at radius 3 is 2.70 bits per heavy atom. The van der Waals surface area contributed by atoms with Gasteiger partial charge in [0.05, 0.1) is 12.2 Å². The summed E-state index contributed by atoms with van der Waals surface area (Å²) in [6, 6.07) is 0. The number of hydrogen-bond donors (Lipinski definition) is 3. The minimum absolute atomic E-state index is 0.224. The largest absolute Gasteiger partial charge is 0.361 e. The zero-order chi connectivity index (χ0) is 15.2. The highest BCUT2D eigenvalue weighted by molar-refractivity contribution is 7.88. The van der Waals surface area contributed by atoms with Crippen molar-refractivity contribution in [3.63, 3.8) is 0 Å². The van der Waals surface area contributed by atoms with Crippen molar-refractivity contribution in [2.75, 3.05) is 25.9 Å². The smallest absolute Gasteiger partial charge is 0.242 e. The van der Waals surface area contributed by atoms with Gasteiger partial charge in [-0.15, -0.1) is 0 Å². The summed E-state index contributed by atoms with van der Waals surface area (Å²) in [6.45, 7) is 3.44. The van der Waals surface area contributed by atoms with Crippen LogP contribution in [0.5, 0.6) is 0 Å². The lowest BCUT2D eigenvalue weighted by Gasteiger charge is -2.30. The van der Waals surface area contributed by atoms with Crippen LogP contribution in [0.4, 0.5) is 0 Å². The van der Waals surface area contributed by atoms with Gasteiger partial charge < -0.3 is 5.32 Å². The van der Waals surface area contributed by atoms with E-state index in [1.807, 2.05) is 6.92 Å². The molecule has 0 radical (unpaired) electrons. The summed E-state index contributed by atoms with van der Waals surface area (Å²) in [4.78, 5) is 12.0. The lowest BCUT2D eigenvalue weighted by Crippen LogP contribution is -2.52. The van der Waals surface area contributed by atoms with Crippen LogP contribution in [0.1, 0.15) is 26.2 Å². The Morgan fingerprint density at radius 2 is 2.10 bits per heavy atom. The van der Waals surface area contributed by atoms with Crippen LogP contribution < -0.4 is 16.2 Å². The van der Waals surface area contributed by atoms with Crippen LogP contribution in [-0.4, -0.2) is 49.6 Å². The Kier molecular flexibility index (Phi) is 6.63. The number of carbonyl (C=O) groups is 1. The van der Waals surface area contributed by atoms with Gasteiger partial charge >= 0.3 is 0 Å². The summed E-state index contributed by atoms with van der Waals surface area (Å²) >= 11 is 4.98. The number of piperidine rings is 1. The third kappa shape index (κ3) is 5.59. The average molecular weight is 322 g/mol. The Hall–Kier alpha value is -0.930. The monoisotopic (exact) mass is 322 g/mol. The van der Waals surface area contributed by atoms with E-state index in [1.165, 1.54) is 4.31 Å². The fourth-order valence-corrected chi connectivity index (χ4v) is 3.03. The van der Waals surface area contributed by atoms with Gasteiger partial charge in [-0.1, -0.05) is 6.92 Å². The SMILES string of the molecule is CCCNC(=S)NNC(=O)C1CCCN(S(C)(=O)=O)C1. The fourth-order valence-electron chi connectivity index (χ4n) is 1.96. The molecule has 1 unspecified atom stereocenters. The first-order chi connectivity index (χ1) is 9.34. The van der Waals surface area contributed by atoms with Crippen molar-refractivity contribution >= 4 is 33.3 Å². The van der Waals surface area contributed by atoms with E-state index in [0.29, 0.717) is 24.5 Å². The van der Waals surface area contributed by atoms with E-state index in [1.54, 1.807) is 0 Å². The van der Waals surface area contributed by atoms with Gasteiger partial charge in [-0.2, -0.15) is 0 Å². The summed E-state index contributed by atoms with van der Waals surface area (Å²) in [6.07, 6.45) is 3.45. The number of carbonyl (C=O) groups excluding carboxylic acids is 1. The van der Waals surface area contributed by atoms with Crippen molar-refractivity contribution in [3.8, 4) is 0 Å². The number of rotatable bonds is 4. The molecular formula is C11H22N4O3S2. The summed E-state index contributed by atoms with van der Waals surface area (Å²) in [5.74, 6) is -0.584. The molecule has 7 nitrogen and oxygen atoms in total. The third-order valence-corrected chi connectivity index (χ3v) is 4.57.